The van der Waals surface area contributed by atoms with Crippen molar-refractivity contribution in [3.8, 4) is 11.5 Å². The molecule has 0 radical (unpaired) electrons. The van der Waals surface area contributed by atoms with Gasteiger partial charge in [-0.05, 0) is 47.9 Å². The smallest absolute Gasteiger partial charge is 0.263 e. The van der Waals surface area contributed by atoms with Gasteiger partial charge in [-0.2, -0.15) is 0 Å². The number of benzene rings is 1. The molecule has 1 aromatic carbocycles. The first kappa shape index (κ1) is 20.7. The predicted molar refractivity (Wildman–Crippen MR) is 116 cm³/mol. The molecule has 1 saturated heterocycles. The van der Waals surface area contributed by atoms with Gasteiger partial charge in [0, 0.05) is 13.1 Å². The van der Waals surface area contributed by atoms with Crippen LogP contribution in [-0.4, -0.2) is 43.0 Å². The van der Waals surface area contributed by atoms with Gasteiger partial charge >= 0.3 is 0 Å². The summed E-state index contributed by atoms with van der Waals surface area (Å²) in [6.45, 7) is 6.44. The fraction of sp³-hybridized carbons (Fsp3) is 0.478. The maximum Gasteiger partial charge on any atom is 0.263 e. The number of thiophene rings is 1. The van der Waals surface area contributed by atoms with Crippen molar-refractivity contribution in [1.82, 2.24) is 10.2 Å². The second kappa shape index (κ2) is 9.08. The lowest BCUT2D eigenvalue weighted by atomic mass is 9.92. The number of nitrogens with one attached hydrogen (secondary N) is 1. The molecule has 0 saturated carbocycles. The van der Waals surface area contributed by atoms with E-state index in [0.29, 0.717) is 26.3 Å². The summed E-state index contributed by atoms with van der Waals surface area (Å²) in [5, 5.41) is 5.14. The predicted octanol–water partition coefficient (Wildman–Crippen LogP) is 3.89. The molecule has 2 amide bonds. The van der Waals surface area contributed by atoms with E-state index < -0.39 is 0 Å². The van der Waals surface area contributed by atoms with E-state index in [2.05, 4.69) is 19.2 Å². The number of likely N-dealkylation sites (tertiary alicyclic amines) is 1. The Balaban J connectivity index is 1.44. The van der Waals surface area contributed by atoms with Crippen LogP contribution in [0.5, 0.6) is 11.5 Å². The Kier molecular flexibility index (Phi) is 6.27. The number of fused-ring (bicyclic) bond motifs is 1. The summed E-state index contributed by atoms with van der Waals surface area (Å²) in [5.74, 6) is 1.52. The SMILES string of the molecule is CC(C)[C@H](NC(=O)[C@H]1CCCN(C(=O)c2cccs2)C1)c1ccc2c(c1)OCCO2. The molecule has 6 nitrogen and oxygen atoms in total. The van der Waals surface area contributed by atoms with E-state index in [1.54, 1.807) is 0 Å². The van der Waals surface area contributed by atoms with Crippen LogP contribution >= 0.6 is 11.3 Å². The fourth-order valence-corrected chi connectivity index (χ4v) is 4.78. The number of piperidine rings is 1. The van der Waals surface area contributed by atoms with Crippen molar-refractivity contribution in [2.24, 2.45) is 11.8 Å². The Morgan fingerprint density at radius 2 is 1.97 bits per heavy atom. The molecule has 7 heteroatoms. The molecule has 1 N–H and O–H groups in total. The van der Waals surface area contributed by atoms with E-state index in [-0.39, 0.29) is 29.7 Å². The van der Waals surface area contributed by atoms with Crippen LogP contribution in [0.4, 0.5) is 0 Å². The Bertz CT molecular complexity index is 897. The van der Waals surface area contributed by atoms with Gasteiger partial charge in [0.05, 0.1) is 16.8 Å². The largest absolute Gasteiger partial charge is 0.486 e. The first-order valence-electron chi connectivity index (χ1n) is 10.6. The summed E-state index contributed by atoms with van der Waals surface area (Å²) in [6.07, 6.45) is 1.64. The van der Waals surface area contributed by atoms with Crippen LogP contribution in [0, 0.1) is 11.8 Å². The molecule has 30 heavy (non-hydrogen) atoms. The van der Waals surface area contributed by atoms with E-state index in [9.17, 15) is 9.59 Å². The molecule has 0 unspecified atom stereocenters. The standard InChI is InChI=1S/C23H28N2O4S/c1-15(2)21(16-7-8-18-19(13-16)29-11-10-28-18)24-22(26)17-5-3-9-25(14-17)23(27)20-6-4-12-30-20/h4,6-8,12-13,15,17,21H,3,5,9-11,14H2,1-2H3,(H,24,26)/t17-,21-/m0/s1. The lowest BCUT2D eigenvalue weighted by molar-refractivity contribution is -0.127. The third-order valence-electron chi connectivity index (χ3n) is 5.70. The zero-order chi connectivity index (χ0) is 21.1. The van der Waals surface area contributed by atoms with Crippen molar-refractivity contribution in [2.75, 3.05) is 26.3 Å². The van der Waals surface area contributed by atoms with Gasteiger partial charge in [-0.3, -0.25) is 9.59 Å². The fourth-order valence-electron chi connectivity index (χ4n) is 4.09. The average molecular weight is 429 g/mol. The molecule has 0 aliphatic carbocycles. The van der Waals surface area contributed by atoms with Crippen LogP contribution in [0.3, 0.4) is 0 Å². The van der Waals surface area contributed by atoms with Crippen LogP contribution in [0.1, 0.15) is 48.0 Å². The lowest BCUT2D eigenvalue weighted by Gasteiger charge is -2.33. The minimum absolute atomic E-state index is 0.00673. The Morgan fingerprint density at radius 3 is 2.70 bits per heavy atom. The summed E-state index contributed by atoms with van der Waals surface area (Å²) in [6, 6.07) is 9.46. The Hall–Kier alpha value is -2.54. The number of ether oxygens (including phenoxy) is 2. The van der Waals surface area contributed by atoms with Crippen molar-refractivity contribution in [3.05, 3.63) is 46.2 Å². The molecule has 160 valence electrons. The van der Waals surface area contributed by atoms with Crippen molar-refractivity contribution in [2.45, 2.75) is 32.7 Å². The molecule has 3 heterocycles. The third-order valence-corrected chi connectivity index (χ3v) is 6.56. The third kappa shape index (κ3) is 4.46. The summed E-state index contributed by atoms with van der Waals surface area (Å²) >= 11 is 1.44. The zero-order valence-electron chi connectivity index (χ0n) is 17.4. The monoisotopic (exact) mass is 428 g/mol. The highest BCUT2D eigenvalue weighted by Crippen LogP contribution is 2.34. The highest BCUT2D eigenvalue weighted by atomic mass is 32.1. The van der Waals surface area contributed by atoms with Gasteiger partial charge in [-0.1, -0.05) is 26.0 Å². The number of carbonyl (C=O) groups is 2. The van der Waals surface area contributed by atoms with Crippen LogP contribution in [-0.2, 0) is 4.79 Å². The molecule has 4 rings (SSSR count). The lowest BCUT2D eigenvalue weighted by Crippen LogP contribution is -2.46. The number of amides is 2. The second-order valence-corrected chi connectivity index (χ2v) is 9.15. The highest BCUT2D eigenvalue weighted by Gasteiger charge is 2.31. The van der Waals surface area contributed by atoms with Crippen LogP contribution in [0.25, 0.3) is 0 Å². The highest BCUT2D eigenvalue weighted by molar-refractivity contribution is 7.12. The van der Waals surface area contributed by atoms with Crippen LogP contribution in [0.15, 0.2) is 35.7 Å². The summed E-state index contributed by atoms with van der Waals surface area (Å²) in [4.78, 5) is 28.4. The molecule has 0 bridgehead atoms. The van der Waals surface area contributed by atoms with Gasteiger partial charge in [0.1, 0.15) is 13.2 Å². The van der Waals surface area contributed by atoms with E-state index in [1.165, 1.54) is 11.3 Å². The summed E-state index contributed by atoms with van der Waals surface area (Å²) in [7, 11) is 0. The number of rotatable bonds is 5. The van der Waals surface area contributed by atoms with Crippen molar-refractivity contribution in [1.29, 1.82) is 0 Å². The normalized spacial score (nSPS) is 19.4. The van der Waals surface area contributed by atoms with E-state index in [1.807, 2.05) is 40.6 Å². The van der Waals surface area contributed by atoms with Gasteiger partial charge in [-0.25, -0.2) is 0 Å². The first-order valence-corrected chi connectivity index (χ1v) is 11.4. The summed E-state index contributed by atoms with van der Waals surface area (Å²) in [5.41, 5.74) is 1.00. The zero-order valence-corrected chi connectivity index (χ0v) is 18.2. The van der Waals surface area contributed by atoms with Crippen LogP contribution in [0.2, 0.25) is 0 Å². The average Bonchev–Trinajstić information content (AvgIpc) is 3.31. The van der Waals surface area contributed by atoms with Gasteiger partial charge in [-0.15, -0.1) is 11.3 Å². The topological polar surface area (TPSA) is 67.9 Å². The number of hydrogen-bond acceptors (Lipinski definition) is 5. The number of nitrogens with zero attached hydrogens (tertiary/aromatic N) is 1. The number of hydrogen-bond donors (Lipinski definition) is 1. The van der Waals surface area contributed by atoms with Gasteiger partial charge in [0.15, 0.2) is 11.5 Å². The molecule has 2 aromatic rings. The molecule has 1 fully saturated rings. The van der Waals surface area contributed by atoms with Crippen molar-refractivity contribution in [3.63, 3.8) is 0 Å². The van der Waals surface area contributed by atoms with Gasteiger partial charge in [0.2, 0.25) is 5.91 Å². The molecular weight excluding hydrogens is 400 g/mol. The van der Waals surface area contributed by atoms with Gasteiger partial charge in [0.25, 0.3) is 5.91 Å². The molecular formula is C23H28N2O4S. The van der Waals surface area contributed by atoms with Gasteiger partial charge < -0.3 is 19.7 Å². The molecule has 2 aliphatic rings. The second-order valence-electron chi connectivity index (χ2n) is 8.20. The quantitative estimate of drug-likeness (QED) is 0.785. The van der Waals surface area contributed by atoms with E-state index >= 15 is 0 Å². The minimum Gasteiger partial charge on any atom is -0.486 e. The first-order chi connectivity index (χ1) is 14.5. The Morgan fingerprint density at radius 1 is 1.17 bits per heavy atom. The maximum absolute atomic E-state index is 13.1. The maximum atomic E-state index is 13.1. The van der Waals surface area contributed by atoms with Crippen molar-refractivity contribution >= 4 is 23.2 Å². The molecule has 0 spiro atoms. The Labute approximate surface area is 181 Å². The summed E-state index contributed by atoms with van der Waals surface area (Å²) < 4.78 is 11.3. The molecule has 2 atom stereocenters. The number of carbonyl (C=O) groups excluding carboxylic acids is 2. The van der Waals surface area contributed by atoms with Crippen molar-refractivity contribution < 1.29 is 19.1 Å². The molecule has 2 aliphatic heterocycles. The van der Waals surface area contributed by atoms with Crippen LogP contribution < -0.4 is 14.8 Å². The minimum atomic E-state index is -0.193. The van der Waals surface area contributed by atoms with E-state index in [0.717, 1.165) is 34.8 Å². The molecule has 1 aromatic heterocycles. The van der Waals surface area contributed by atoms with E-state index in [4.69, 9.17) is 9.47 Å².